The first-order valence-corrected chi connectivity index (χ1v) is 3.89. The summed E-state index contributed by atoms with van der Waals surface area (Å²) in [5, 5.41) is 9.33. The lowest BCUT2D eigenvalue weighted by Crippen LogP contribution is -2.11. The minimum Gasteiger partial charge on any atom is -0.505 e. The Morgan fingerprint density at radius 2 is 2.23 bits per heavy atom. The minimum absolute atomic E-state index is 0.277. The molecule has 0 bridgehead atoms. The second-order valence-electron chi connectivity index (χ2n) is 2.73. The number of hydrogen-bond acceptors (Lipinski definition) is 3. The highest BCUT2D eigenvalue weighted by Gasteiger charge is 2.08. The van der Waals surface area contributed by atoms with Crippen molar-refractivity contribution in [1.82, 2.24) is 5.48 Å². The van der Waals surface area contributed by atoms with Crippen molar-refractivity contribution in [2.75, 3.05) is 7.11 Å². The molecule has 0 aromatic heterocycles. The Bertz CT molecular complexity index is 302. The van der Waals surface area contributed by atoms with E-state index in [1.54, 1.807) is 19.1 Å². The summed E-state index contributed by atoms with van der Waals surface area (Å²) in [6.45, 7) is 1.88. The molecule has 1 aromatic carbocycles. The summed E-state index contributed by atoms with van der Waals surface area (Å²) in [6.07, 6.45) is 0. The Balaban J connectivity index is 2.90. The van der Waals surface area contributed by atoms with Crippen molar-refractivity contribution < 1.29 is 14.3 Å². The van der Waals surface area contributed by atoms with Crippen LogP contribution >= 0.6 is 0 Å². The van der Waals surface area contributed by atoms with Crippen LogP contribution in [0.15, 0.2) is 12.1 Å². The minimum atomic E-state index is -0.574. The average Bonchev–Trinajstić information content (AvgIpc) is 2.13. The number of aryl methyl sites for hydroxylation is 1. The number of phenols is 1. The lowest BCUT2D eigenvalue weighted by Gasteiger charge is -2.06. The van der Waals surface area contributed by atoms with Crippen molar-refractivity contribution in [3.05, 3.63) is 29.1 Å². The molecule has 0 spiro atoms. The molecule has 0 aliphatic heterocycles. The van der Waals surface area contributed by atoms with Crippen molar-refractivity contribution in [2.24, 2.45) is 0 Å². The normalized spacial score (nSPS) is 10.4. The van der Waals surface area contributed by atoms with Gasteiger partial charge in [-0.2, -0.15) is 5.48 Å². The van der Waals surface area contributed by atoms with E-state index in [-0.39, 0.29) is 12.3 Å². The van der Waals surface area contributed by atoms with E-state index in [1.165, 1.54) is 7.11 Å². The molecule has 2 N–H and O–H groups in total. The second kappa shape index (κ2) is 4.20. The number of benzene rings is 1. The van der Waals surface area contributed by atoms with Gasteiger partial charge in [-0.25, -0.2) is 4.39 Å². The molecule has 72 valence electrons. The quantitative estimate of drug-likeness (QED) is 0.701. The summed E-state index contributed by atoms with van der Waals surface area (Å²) < 4.78 is 13.1. The molecule has 0 unspecified atom stereocenters. The molecule has 0 saturated carbocycles. The van der Waals surface area contributed by atoms with E-state index in [1.807, 2.05) is 0 Å². The molecular weight excluding hydrogens is 173 g/mol. The highest BCUT2D eigenvalue weighted by molar-refractivity contribution is 5.37. The van der Waals surface area contributed by atoms with Crippen LogP contribution in [0, 0.1) is 12.7 Å². The molecule has 0 amide bonds. The maximum absolute atomic E-state index is 13.1. The zero-order chi connectivity index (χ0) is 9.84. The molecule has 3 nitrogen and oxygen atoms in total. The first-order chi connectivity index (χ1) is 6.16. The van der Waals surface area contributed by atoms with Gasteiger partial charge in [0.2, 0.25) is 0 Å². The summed E-state index contributed by atoms with van der Waals surface area (Å²) in [5.41, 5.74) is 3.43. The summed E-state index contributed by atoms with van der Waals surface area (Å²) >= 11 is 0. The van der Waals surface area contributed by atoms with E-state index in [4.69, 9.17) is 0 Å². The van der Waals surface area contributed by atoms with Gasteiger partial charge in [0.05, 0.1) is 7.11 Å². The fraction of sp³-hybridized carbons (Fsp3) is 0.333. The van der Waals surface area contributed by atoms with Crippen molar-refractivity contribution in [2.45, 2.75) is 13.5 Å². The van der Waals surface area contributed by atoms with Gasteiger partial charge in [-0.15, -0.1) is 0 Å². The highest BCUT2D eigenvalue weighted by atomic mass is 19.1. The third kappa shape index (κ3) is 2.17. The first kappa shape index (κ1) is 9.95. The van der Waals surface area contributed by atoms with Gasteiger partial charge in [0.15, 0.2) is 11.6 Å². The van der Waals surface area contributed by atoms with Crippen LogP contribution in [0.1, 0.15) is 11.1 Å². The Morgan fingerprint density at radius 3 is 2.85 bits per heavy atom. The monoisotopic (exact) mass is 185 g/mol. The molecule has 0 saturated heterocycles. The fourth-order valence-electron chi connectivity index (χ4n) is 0.998. The van der Waals surface area contributed by atoms with Crippen LogP contribution in [0.3, 0.4) is 0 Å². The van der Waals surface area contributed by atoms with Crippen molar-refractivity contribution in [3.63, 3.8) is 0 Å². The van der Waals surface area contributed by atoms with Crippen LogP contribution in [0.25, 0.3) is 0 Å². The number of hydrogen-bond donors (Lipinski definition) is 2. The molecule has 0 aliphatic carbocycles. The number of phenolic OH excluding ortho intramolecular Hbond substituents is 1. The lowest BCUT2D eigenvalue weighted by molar-refractivity contribution is 0.0860. The van der Waals surface area contributed by atoms with Crippen molar-refractivity contribution in [3.8, 4) is 5.75 Å². The van der Waals surface area contributed by atoms with Crippen LogP contribution in [0.4, 0.5) is 4.39 Å². The van der Waals surface area contributed by atoms with Gasteiger partial charge in [-0.05, 0) is 12.5 Å². The van der Waals surface area contributed by atoms with Gasteiger partial charge < -0.3 is 9.94 Å². The number of nitrogens with one attached hydrogen (secondary N) is 1. The van der Waals surface area contributed by atoms with Crippen LogP contribution in [0.2, 0.25) is 0 Å². The van der Waals surface area contributed by atoms with Crippen LogP contribution in [-0.4, -0.2) is 12.2 Å². The Hall–Kier alpha value is -1.13. The van der Waals surface area contributed by atoms with Gasteiger partial charge in [-0.3, -0.25) is 0 Å². The zero-order valence-corrected chi connectivity index (χ0v) is 7.60. The lowest BCUT2D eigenvalue weighted by atomic mass is 10.1. The van der Waals surface area contributed by atoms with Gasteiger partial charge in [-0.1, -0.05) is 12.1 Å². The van der Waals surface area contributed by atoms with Crippen LogP contribution < -0.4 is 5.48 Å². The van der Waals surface area contributed by atoms with E-state index in [0.29, 0.717) is 11.1 Å². The highest BCUT2D eigenvalue weighted by Crippen LogP contribution is 2.23. The molecule has 1 aromatic rings. The van der Waals surface area contributed by atoms with Crippen molar-refractivity contribution >= 4 is 0 Å². The summed E-state index contributed by atoms with van der Waals surface area (Å²) in [7, 11) is 1.46. The molecule has 0 heterocycles. The summed E-state index contributed by atoms with van der Waals surface area (Å²) in [4.78, 5) is 4.59. The molecule has 13 heavy (non-hydrogen) atoms. The SMILES string of the molecule is CONCc1ccc(C)c(F)c1O. The molecule has 0 radical (unpaired) electrons. The smallest absolute Gasteiger partial charge is 0.168 e. The molecular formula is C9H12FNO2. The average molecular weight is 185 g/mol. The van der Waals surface area contributed by atoms with Crippen LogP contribution in [-0.2, 0) is 11.4 Å². The van der Waals surface area contributed by atoms with E-state index in [2.05, 4.69) is 10.3 Å². The first-order valence-electron chi connectivity index (χ1n) is 3.89. The maximum Gasteiger partial charge on any atom is 0.168 e. The number of hydroxylamine groups is 1. The van der Waals surface area contributed by atoms with E-state index in [0.717, 1.165) is 0 Å². The Labute approximate surface area is 76.1 Å². The summed E-state index contributed by atoms with van der Waals surface area (Å²) in [5.74, 6) is -0.889. The topological polar surface area (TPSA) is 41.5 Å². The van der Waals surface area contributed by atoms with E-state index in [9.17, 15) is 9.50 Å². The second-order valence-corrected chi connectivity index (χ2v) is 2.73. The molecule has 1 rings (SSSR count). The fourth-order valence-corrected chi connectivity index (χ4v) is 0.998. The number of halogens is 1. The summed E-state index contributed by atoms with van der Waals surface area (Å²) in [6, 6.07) is 3.27. The zero-order valence-electron chi connectivity index (χ0n) is 7.60. The van der Waals surface area contributed by atoms with Gasteiger partial charge in [0, 0.05) is 12.1 Å². The number of rotatable bonds is 3. The van der Waals surface area contributed by atoms with E-state index < -0.39 is 5.82 Å². The maximum atomic E-state index is 13.1. The van der Waals surface area contributed by atoms with E-state index >= 15 is 0 Å². The molecule has 0 fully saturated rings. The van der Waals surface area contributed by atoms with Gasteiger partial charge >= 0.3 is 0 Å². The largest absolute Gasteiger partial charge is 0.505 e. The Morgan fingerprint density at radius 1 is 1.54 bits per heavy atom. The predicted molar refractivity (Wildman–Crippen MR) is 46.7 cm³/mol. The molecule has 0 aliphatic rings. The number of aromatic hydroxyl groups is 1. The van der Waals surface area contributed by atoms with Crippen molar-refractivity contribution in [1.29, 1.82) is 0 Å². The standard InChI is InChI=1S/C9H12FNO2/c1-6-3-4-7(5-11-13-2)9(12)8(6)10/h3-4,11-12H,5H2,1-2H3. The van der Waals surface area contributed by atoms with Crippen LogP contribution in [0.5, 0.6) is 5.75 Å². The predicted octanol–water partition coefficient (Wildman–Crippen LogP) is 1.49. The third-order valence-corrected chi connectivity index (χ3v) is 1.80. The van der Waals surface area contributed by atoms with Gasteiger partial charge in [0.1, 0.15) is 0 Å². The third-order valence-electron chi connectivity index (χ3n) is 1.80. The molecule has 4 heteroatoms. The van der Waals surface area contributed by atoms with Gasteiger partial charge in [0.25, 0.3) is 0 Å². The molecule has 0 atom stereocenters. The Kier molecular flexibility index (Phi) is 3.22.